The molecule has 2 aromatic heterocycles. The van der Waals surface area contributed by atoms with E-state index in [4.69, 9.17) is 44.0 Å². The normalized spacial score (nSPS) is 34.1. The van der Waals surface area contributed by atoms with Gasteiger partial charge in [0.25, 0.3) is 0 Å². The van der Waals surface area contributed by atoms with Crippen LogP contribution in [0.2, 0.25) is 0 Å². The van der Waals surface area contributed by atoms with E-state index < -0.39 is 72.7 Å². The lowest BCUT2D eigenvalue weighted by atomic mass is 9.95. The maximum atomic E-state index is 11.7. The van der Waals surface area contributed by atoms with Gasteiger partial charge >= 0.3 is 11.4 Å². The zero-order valence-corrected chi connectivity index (χ0v) is 19.6. The third kappa shape index (κ3) is 4.86. The number of aromatic nitrogens is 4. The molecular weight excluding hydrogens is 508 g/mol. The predicted molar refractivity (Wildman–Crippen MR) is 127 cm³/mol. The first-order valence-corrected chi connectivity index (χ1v) is 10.9. The fraction of sp³-hybridized carbons (Fsp3) is 0.455. The molecule has 16 heteroatoms. The van der Waals surface area contributed by atoms with Crippen molar-refractivity contribution in [2.75, 3.05) is 24.7 Å². The number of ether oxygens (including phenoxy) is 2. The Labute approximate surface area is 214 Å². The first-order valence-electron chi connectivity index (χ1n) is 10.9. The first-order chi connectivity index (χ1) is 17.9. The summed E-state index contributed by atoms with van der Waals surface area (Å²) < 4.78 is 12.3. The van der Waals surface area contributed by atoms with Gasteiger partial charge in [-0.05, 0) is 12.1 Å². The van der Waals surface area contributed by atoms with Crippen LogP contribution in [0.15, 0.2) is 34.1 Å². The van der Waals surface area contributed by atoms with Crippen LogP contribution in [0.4, 0.5) is 11.6 Å². The highest BCUT2D eigenvalue weighted by atomic mass is 16.6. The van der Waals surface area contributed by atoms with E-state index in [0.717, 1.165) is 9.13 Å². The second-order valence-corrected chi connectivity index (χ2v) is 8.33. The monoisotopic (exact) mass is 534 g/mol. The number of aliphatic hydroxyl groups excluding tert-OH is 4. The molecule has 4 rings (SSSR count). The van der Waals surface area contributed by atoms with Crippen molar-refractivity contribution in [3.63, 3.8) is 0 Å². The van der Waals surface area contributed by atoms with Crippen molar-refractivity contribution in [2.45, 2.75) is 48.1 Å². The van der Waals surface area contributed by atoms with Gasteiger partial charge in [-0.1, -0.05) is 11.8 Å². The van der Waals surface area contributed by atoms with Gasteiger partial charge in [0.1, 0.15) is 36.1 Å². The van der Waals surface area contributed by atoms with E-state index in [-0.39, 0.29) is 11.6 Å². The van der Waals surface area contributed by atoms with E-state index in [0.29, 0.717) is 0 Å². The van der Waals surface area contributed by atoms with Gasteiger partial charge in [0.15, 0.2) is 23.7 Å². The minimum absolute atomic E-state index is 0.00255. The van der Waals surface area contributed by atoms with E-state index in [1.165, 1.54) is 24.5 Å². The second-order valence-electron chi connectivity index (χ2n) is 8.33. The molecule has 0 unspecified atom stereocenters. The average molecular weight is 534 g/mol. The Hall–Kier alpha value is -3.84. The number of nitrogen functional groups attached to an aromatic ring is 2. The Bertz CT molecular complexity index is 1260. The van der Waals surface area contributed by atoms with Gasteiger partial charge in [-0.15, -0.1) is 12.8 Å². The molecular formula is C22H26N6O10. The van der Waals surface area contributed by atoms with Gasteiger partial charge in [-0.25, -0.2) is 9.59 Å². The van der Waals surface area contributed by atoms with Crippen LogP contribution in [-0.4, -0.2) is 98.6 Å². The molecule has 2 fully saturated rings. The van der Waals surface area contributed by atoms with Crippen LogP contribution in [0.3, 0.4) is 0 Å². The number of rotatable bonds is 4. The molecule has 0 radical (unpaired) electrons. The zero-order chi connectivity index (χ0) is 28.4. The van der Waals surface area contributed by atoms with Crippen molar-refractivity contribution < 1.29 is 40.1 Å². The highest BCUT2D eigenvalue weighted by Gasteiger charge is 2.56. The van der Waals surface area contributed by atoms with Gasteiger partial charge < -0.3 is 51.6 Å². The smallest absolute Gasteiger partial charge is 0.351 e. The van der Waals surface area contributed by atoms with Crippen LogP contribution >= 0.6 is 0 Å². The van der Waals surface area contributed by atoms with Crippen LogP contribution in [-0.2, 0) is 9.47 Å². The van der Waals surface area contributed by atoms with Crippen molar-refractivity contribution in [3.05, 3.63) is 45.5 Å². The third-order valence-corrected chi connectivity index (χ3v) is 6.00. The van der Waals surface area contributed by atoms with E-state index in [9.17, 15) is 30.0 Å². The van der Waals surface area contributed by atoms with Crippen LogP contribution < -0.4 is 22.8 Å². The summed E-state index contributed by atoms with van der Waals surface area (Å²) in [6.07, 6.45) is 4.91. The highest BCUT2D eigenvalue weighted by Crippen LogP contribution is 2.38. The molecule has 0 amide bonds. The Morgan fingerprint density at radius 2 is 1.18 bits per heavy atom. The summed E-state index contributed by atoms with van der Waals surface area (Å²) in [5.74, 6) is 4.00. The van der Waals surface area contributed by atoms with Gasteiger partial charge in [0, 0.05) is 12.4 Å². The Morgan fingerprint density at radius 1 is 0.842 bits per heavy atom. The molecule has 0 aromatic carbocycles. The van der Waals surface area contributed by atoms with Gasteiger partial charge in [-0.3, -0.25) is 9.13 Å². The van der Waals surface area contributed by atoms with E-state index in [1.54, 1.807) is 0 Å². The fourth-order valence-electron chi connectivity index (χ4n) is 3.91. The molecule has 4 heterocycles. The van der Waals surface area contributed by atoms with Crippen LogP contribution in [0.5, 0.6) is 0 Å². The molecule has 0 bridgehead atoms. The number of hydrogen-bond acceptors (Lipinski definition) is 14. The second kappa shape index (κ2) is 10.9. The number of anilines is 2. The minimum Gasteiger partial charge on any atom is -0.394 e. The Balaban J connectivity index is 0.000000211. The largest absolute Gasteiger partial charge is 0.394 e. The molecule has 2 aliphatic rings. The summed E-state index contributed by atoms with van der Waals surface area (Å²) in [7, 11) is 0. The van der Waals surface area contributed by atoms with Crippen LogP contribution in [0.25, 0.3) is 0 Å². The molecule has 38 heavy (non-hydrogen) atoms. The van der Waals surface area contributed by atoms with E-state index in [1.807, 2.05) is 11.8 Å². The molecule has 2 aromatic rings. The molecule has 10 N–H and O–H groups in total. The van der Waals surface area contributed by atoms with Crippen molar-refractivity contribution in [1.82, 2.24) is 19.1 Å². The lowest BCUT2D eigenvalue weighted by Crippen LogP contribution is -2.47. The standard InChI is InChI=1S/2C11H13N3O5/c2*1-2-11(18)8(16)6(5-15)19-9(11)14-4-3-7(12)13-10(14)17/h2*1,3-4,6,8-9,15-16,18H,5H2,(H2,12,13,17)/t6-,8-,9-,11+;6-,8-,9-,11-/m11/s1. The summed E-state index contributed by atoms with van der Waals surface area (Å²) in [6.45, 7) is -1.11. The maximum absolute atomic E-state index is 11.7. The van der Waals surface area contributed by atoms with Crippen molar-refractivity contribution in [3.8, 4) is 24.7 Å². The molecule has 0 aliphatic carbocycles. The van der Waals surface area contributed by atoms with Gasteiger partial charge in [-0.2, -0.15) is 9.97 Å². The lowest BCUT2D eigenvalue weighted by molar-refractivity contribution is -0.0763. The van der Waals surface area contributed by atoms with Crippen molar-refractivity contribution >= 4 is 11.6 Å². The van der Waals surface area contributed by atoms with Crippen molar-refractivity contribution in [2.24, 2.45) is 0 Å². The quantitative estimate of drug-likeness (QED) is 0.171. The van der Waals surface area contributed by atoms with Gasteiger partial charge in [0.05, 0.1) is 13.2 Å². The maximum Gasteiger partial charge on any atom is 0.351 e. The molecule has 204 valence electrons. The van der Waals surface area contributed by atoms with Crippen LogP contribution in [0.1, 0.15) is 12.5 Å². The molecule has 2 saturated heterocycles. The summed E-state index contributed by atoms with van der Waals surface area (Å²) in [5.41, 5.74) is 4.84. The first kappa shape index (κ1) is 28.7. The molecule has 0 spiro atoms. The summed E-state index contributed by atoms with van der Waals surface area (Å²) in [5, 5.41) is 58.3. The topological polar surface area (TPSA) is 262 Å². The molecule has 16 nitrogen and oxygen atoms in total. The number of aliphatic hydroxyl groups is 6. The van der Waals surface area contributed by atoms with E-state index in [2.05, 4.69) is 9.97 Å². The number of terminal acetylenes is 2. The Morgan fingerprint density at radius 3 is 1.45 bits per heavy atom. The van der Waals surface area contributed by atoms with Gasteiger partial charge in [0.2, 0.25) is 0 Å². The molecule has 0 saturated carbocycles. The molecule has 2 aliphatic heterocycles. The van der Waals surface area contributed by atoms with Crippen LogP contribution in [0, 0.1) is 24.7 Å². The number of nitrogens with zero attached hydrogens (tertiary/aromatic N) is 4. The van der Waals surface area contributed by atoms with Crippen molar-refractivity contribution in [1.29, 1.82) is 0 Å². The third-order valence-electron chi connectivity index (χ3n) is 6.00. The summed E-state index contributed by atoms with van der Waals surface area (Å²) in [6, 6.07) is 2.64. The minimum atomic E-state index is -2.14. The Kier molecular flexibility index (Phi) is 8.22. The summed E-state index contributed by atoms with van der Waals surface area (Å²) in [4.78, 5) is 30.4. The zero-order valence-electron chi connectivity index (χ0n) is 19.6. The number of hydrogen-bond donors (Lipinski definition) is 8. The lowest BCUT2D eigenvalue weighted by Gasteiger charge is -2.26. The SMILES string of the molecule is C#C[C@@]1(O)[C@H](O)[C@@H](CO)O[C@H]1n1ccc(N)nc1=O.C#C[C@]1(O)[C@H](O)[C@@H](CO)O[C@H]1n1ccc(N)nc1=O. The predicted octanol–water partition coefficient (Wildman–Crippen LogP) is -5.12. The number of nitrogens with two attached hydrogens (primary N) is 2. The fourth-order valence-corrected chi connectivity index (χ4v) is 3.91. The van der Waals surface area contributed by atoms with E-state index >= 15 is 0 Å². The highest BCUT2D eigenvalue weighted by molar-refractivity contribution is 5.26. The molecule has 8 atom stereocenters. The summed E-state index contributed by atoms with van der Waals surface area (Å²) >= 11 is 0. The average Bonchev–Trinajstić information content (AvgIpc) is 3.30.